The fraction of sp³-hybridized carbons (Fsp3) is 0.600. The molecule has 1 aromatic heterocycles. The molecule has 1 rings (SSSR count). The molecule has 0 saturated heterocycles. The Kier molecular flexibility index (Phi) is 7.22. The second-order valence-corrected chi connectivity index (χ2v) is 6.45. The lowest BCUT2D eigenvalue weighted by Crippen LogP contribution is -2.39. The van der Waals surface area contributed by atoms with Crippen molar-refractivity contribution >= 4 is 23.3 Å². The van der Waals surface area contributed by atoms with Crippen molar-refractivity contribution in [1.82, 2.24) is 10.6 Å². The highest BCUT2D eigenvalue weighted by Crippen LogP contribution is 2.16. The maximum atomic E-state index is 11.7. The van der Waals surface area contributed by atoms with Crippen LogP contribution in [0, 0.1) is 11.8 Å². The maximum absolute atomic E-state index is 11.7. The Bertz CT molecular complexity index is 471. The molecule has 0 spiro atoms. The van der Waals surface area contributed by atoms with Crippen molar-refractivity contribution in [3.8, 4) is 0 Å². The van der Waals surface area contributed by atoms with E-state index >= 15 is 0 Å². The first-order valence-electron chi connectivity index (χ1n) is 7.23. The van der Waals surface area contributed by atoms with Crippen molar-refractivity contribution in [2.24, 2.45) is 11.8 Å². The van der Waals surface area contributed by atoms with Gasteiger partial charge < -0.3 is 15.7 Å². The van der Waals surface area contributed by atoms with Gasteiger partial charge in [0.1, 0.15) is 0 Å². The van der Waals surface area contributed by atoms with Crippen LogP contribution >= 0.6 is 11.3 Å². The first-order valence-corrected chi connectivity index (χ1v) is 8.11. The second kappa shape index (κ2) is 8.67. The largest absolute Gasteiger partial charge is 0.481 e. The van der Waals surface area contributed by atoms with E-state index in [0.29, 0.717) is 13.0 Å². The minimum atomic E-state index is -0.865. The molecule has 5 nitrogen and oxygen atoms in total. The van der Waals surface area contributed by atoms with Gasteiger partial charge in [-0.05, 0) is 35.8 Å². The number of carboxylic acid groups (broad SMARTS) is 1. The predicted octanol–water partition coefficient (Wildman–Crippen LogP) is 2.86. The Morgan fingerprint density at radius 1 is 1.33 bits per heavy atom. The number of urea groups is 1. The number of thiophene rings is 1. The molecular weight excluding hydrogens is 288 g/mol. The molecule has 1 aromatic rings. The number of hydrogen-bond acceptors (Lipinski definition) is 3. The van der Waals surface area contributed by atoms with Gasteiger partial charge in [-0.2, -0.15) is 0 Å². The number of amides is 2. The molecule has 0 radical (unpaired) electrons. The van der Waals surface area contributed by atoms with Gasteiger partial charge in [-0.15, -0.1) is 11.3 Å². The molecule has 0 aliphatic carbocycles. The SMILES string of the molecule is CCc1ccsc1CNC(=O)NCC(CC(C)C)C(=O)O. The van der Waals surface area contributed by atoms with E-state index in [0.717, 1.165) is 11.3 Å². The van der Waals surface area contributed by atoms with Crippen molar-refractivity contribution in [3.63, 3.8) is 0 Å². The Morgan fingerprint density at radius 2 is 2.05 bits per heavy atom. The van der Waals surface area contributed by atoms with Gasteiger partial charge >= 0.3 is 12.0 Å². The zero-order valence-electron chi connectivity index (χ0n) is 12.8. The van der Waals surface area contributed by atoms with Crippen LogP contribution in [-0.4, -0.2) is 23.7 Å². The molecule has 0 bridgehead atoms. The number of aliphatic carboxylic acids is 1. The zero-order chi connectivity index (χ0) is 15.8. The second-order valence-electron chi connectivity index (χ2n) is 5.45. The van der Waals surface area contributed by atoms with E-state index < -0.39 is 11.9 Å². The zero-order valence-corrected chi connectivity index (χ0v) is 13.6. The third-order valence-electron chi connectivity index (χ3n) is 3.24. The summed E-state index contributed by atoms with van der Waals surface area (Å²) in [6, 6.07) is 1.74. The van der Waals surface area contributed by atoms with Crippen LogP contribution in [0.4, 0.5) is 4.79 Å². The lowest BCUT2D eigenvalue weighted by atomic mass is 9.97. The first kappa shape index (κ1) is 17.5. The van der Waals surface area contributed by atoms with E-state index in [1.54, 1.807) is 11.3 Å². The van der Waals surface area contributed by atoms with Crippen molar-refractivity contribution in [1.29, 1.82) is 0 Å². The lowest BCUT2D eigenvalue weighted by molar-refractivity contribution is -0.142. The van der Waals surface area contributed by atoms with Crippen LogP contribution in [0.2, 0.25) is 0 Å². The fourth-order valence-corrected chi connectivity index (χ4v) is 3.03. The quantitative estimate of drug-likeness (QED) is 0.690. The summed E-state index contributed by atoms with van der Waals surface area (Å²) in [6.45, 7) is 6.66. The van der Waals surface area contributed by atoms with E-state index in [9.17, 15) is 9.59 Å². The number of hydrogen-bond donors (Lipinski definition) is 3. The number of carbonyl (C=O) groups is 2. The molecule has 0 fully saturated rings. The number of nitrogens with one attached hydrogen (secondary N) is 2. The predicted molar refractivity (Wildman–Crippen MR) is 84.5 cm³/mol. The number of carboxylic acids is 1. The van der Waals surface area contributed by atoms with E-state index in [4.69, 9.17) is 5.11 Å². The van der Waals surface area contributed by atoms with Gasteiger partial charge in [-0.25, -0.2) is 4.79 Å². The molecule has 118 valence electrons. The fourth-order valence-electron chi connectivity index (χ4n) is 2.12. The van der Waals surface area contributed by atoms with E-state index in [1.807, 2.05) is 19.2 Å². The normalized spacial score (nSPS) is 12.2. The molecule has 1 heterocycles. The minimum Gasteiger partial charge on any atom is -0.481 e. The van der Waals surface area contributed by atoms with Crippen LogP contribution in [0.5, 0.6) is 0 Å². The molecule has 3 N–H and O–H groups in total. The van der Waals surface area contributed by atoms with E-state index in [-0.39, 0.29) is 18.5 Å². The number of rotatable bonds is 8. The smallest absolute Gasteiger partial charge is 0.315 e. The van der Waals surface area contributed by atoms with E-state index in [1.165, 1.54) is 5.56 Å². The van der Waals surface area contributed by atoms with Gasteiger partial charge in [0.25, 0.3) is 0 Å². The topological polar surface area (TPSA) is 78.4 Å². The van der Waals surface area contributed by atoms with Crippen LogP contribution in [0.1, 0.15) is 37.6 Å². The first-order chi connectivity index (χ1) is 9.93. The van der Waals surface area contributed by atoms with Gasteiger partial charge in [-0.3, -0.25) is 4.79 Å². The minimum absolute atomic E-state index is 0.157. The summed E-state index contributed by atoms with van der Waals surface area (Å²) < 4.78 is 0. The Morgan fingerprint density at radius 3 is 2.62 bits per heavy atom. The molecule has 1 unspecified atom stereocenters. The highest BCUT2D eigenvalue weighted by molar-refractivity contribution is 7.10. The van der Waals surface area contributed by atoms with Crippen molar-refractivity contribution in [2.75, 3.05) is 6.54 Å². The Balaban J connectivity index is 2.37. The molecular formula is C15H24N2O3S. The van der Waals surface area contributed by atoms with Gasteiger partial charge in [-0.1, -0.05) is 20.8 Å². The third kappa shape index (κ3) is 6.16. The van der Waals surface area contributed by atoms with Crippen LogP contribution in [0.15, 0.2) is 11.4 Å². The molecule has 0 aromatic carbocycles. The highest BCUT2D eigenvalue weighted by Gasteiger charge is 2.19. The molecule has 0 aliphatic rings. The summed E-state index contributed by atoms with van der Waals surface area (Å²) in [4.78, 5) is 24.0. The molecule has 0 aliphatic heterocycles. The van der Waals surface area contributed by atoms with Crippen LogP contribution in [0.25, 0.3) is 0 Å². The molecule has 6 heteroatoms. The standard InChI is InChI=1S/C15H24N2O3S/c1-4-11-5-6-21-13(11)9-17-15(20)16-8-12(14(18)19)7-10(2)3/h5-6,10,12H,4,7-9H2,1-3H3,(H,18,19)(H2,16,17,20). The summed E-state index contributed by atoms with van der Waals surface area (Å²) in [5.74, 6) is -1.12. The maximum Gasteiger partial charge on any atom is 0.315 e. The van der Waals surface area contributed by atoms with Crippen molar-refractivity contribution in [2.45, 2.75) is 40.2 Å². The van der Waals surface area contributed by atoms with Crippen molar-refractivity contribution < 1.29 is 14.7 Å². The summed E-state index contributed by atoms with van der Waals surface area (Å²) in [5.41, 5.74) is 1.24. The Labute approximate surface area is 129 Å². The van der Waals surface area contributed by atoms with Crippen LogP contribution in [-0.2, 0) is 17.8 Å². The highest BCUT2D eigenvalue weighted by atomic mass is 32.1. The molecule has 1 atom stereocenters. The summed E-state index contributed by atoms with van der Waals surface area (Å²) in [5, 5.41) is 16.5. The van der Waals surface area contributed by atoms with Gasteiger partial charge in [0.2, 0.25) is 0 Å². The lowest BCUT2D eigenvalue weighted by Gasteiger charge is -2.15. The summed E-state index contributed by atoms with van der Waals surface area (Å²) in [6.07, 6.45) is 1.50. The monoisotopic (exact) mass is 312 g/mol. The summed E-state index contributed by atoms with van der Waals surface area (Å²) >= 11 is 1.62. The molecule has 21 heavy (non-hydrogen) atoms. The van der Waals surface area contributed by atoms with Gasteiger partial charge in [0, 0.05) is 11.4 Å². The van der Waals surface area contributed by atoms with Crippen LogP contribution < -0.4 is 10.6 Å². The number of carbonyl (C=O) groups excluding carboxylic acids is 1. The van der Waals surface area contributed by atoms with Gasteiger partial charge in [0.15, 0.2) is 0 Å². The summed E-state index contributed by atoms with van der Waals surface area (Å²) in [7, 11) is 0. The molecule has 0 saturated carbocycles. The number of aryl methyl sites for hydroxylation is 1. The molecule has 2 amide bonds. The van der Waals surface area contributed by atoms with Crippen molar-refractivity contribution in [3.05, 3.63) is 21.9 Å². The average Bonchev–Trinajstić information content (AvgIpc) is 2.87. The van der Waals surface area contributed by atoms with Gasteiger partial charge in [0.05, 0.1) is 12.5 Å². The average molecular weight is 312 g/mol. The van der Waals surface area contributed by atoms with Crippen LogP contribution in [0.3, 0.4) is 0 Å². The Hall–Kier alpha value is -1.56. The third-order valence-corrected chi connectivity index (χ3v) is 4.21. The van der Waals surface area contributed by atoms with E-state index in [2.05, 4.69) is 23.6 Å².